The molecular weight excluding hydrogens is 292 g/mol. The van der Waals surface area contributed by atoms with Crippen LogP contribution in [0.15, 0.2) is 30.7 Å². The summed E-state index contributed by atoms with van der Waals surface area (Å²) >= 11 is 0. The molecule has 1 unspecified atom stereocenters. The SMILES string of the molecule is CNC(C(=O)Nc1ccc(N2CCCC2)nc1)c1cnn(C)c1. The molecule has 1 aliphatic heterocycles. The fourth-order valence-corrected chi connectivity index (χ4v) is 2.85. The molecule has 2 aromatic rings. The van der Waals surface area contributed by atoms with Crippen LogP contribution >= 0.6 is 0 Å². The Balaban J connectivity index is 1.66. The van der Waals surface area contributed by atoms with Gasteiger partial charge in [-0.2, -0.15) is 5.10 Å². The molecule has 1 fully saturated rings. The molecular formula is C16H22N6O. The van der Waals surface area contributed by atoms with Gasteiger partial charge in [0, 0.05) is 31.9 Å². The summed E-state index contributed by atoms with van der Waals surface area (Å²) in [5.74, 6) is 0.842. The molecule has 0 saturated carbocycles. The molecule has 1 atom stereocenters. The summed E-state index contributed by atoms with van der Waals surface area (Å²) in [6.45, 7) is 2.11. The normalized spacial score (nSPS) is 15.7. The number of carbonyl (C=O) groups excluding carboxylic acids is 1. The van der Waals surface area contributed by atoms with E-state index in [1.165, 1.54) is 12.8 Å². The third kappa shape index (κ3) is 3.50. The highest BCUT2D eigenvalue weighted by Gasteiger charge is 2.20. The standard InChI is InChI=1S/C16H22N6O/c1-17-15(12-9-19-21(2)11-12)16(23)20-13-5-6-14(18-10-13)22-7-3-4-8-22/h5-6,9-11,15,17H,3-4,7-8H2,1-2H3,(H,20,23). The molecule has 122 valence electrons. The van der Waals surface area contributed by atoms with Crippen molar-refractivity contribution in [2.45, 2.75) is 18.9 Å². The molecule has 0 bridgehead atoms. The van der Waals surface area contributed by atoms with Crippen molar-refractivity contribution in [2.24, 2.45) is 7.05 Å². The van der Waals surface area contributed by atoms with E-state index in [1.807, 2.05) is 25.4 Å². The number of aromatic nitrogens is 3. The van der Waals surface area contributed by atoms with Crippen LogP contribution < -0.4 is 15.5 Å². The van der Waals surface area contributed by atoms with Crippen LogP contribution in [0.4, 0.5) is 11.5 Å². The Morgan fingerprint density at radius 1 is 1.26 bits per heavy atom. The molecule has 2 N–H and O–H groups in total. The summed E-state index contributed by atoms with van der Waals surface area (Å²) in [5.41, 5.74) is 1.52. The lowest BCUT2D eigenvalue weighted by Gasteiger charge is -2.17. The van der Waals surface area contributed by atoms with E-state index in [0.717, 1.165) is 24.5 Å². The smallest absolute Gasteiger partial charge is 0.246 e. The Labute approximate surface area is 135 Å². The molecule has 3 rings (SSSR count). The first-order valence-electron chi connectivity index (χ1n) is 7.85. The van der Waals surface area contributed by atoms with Gasteiger partial charge in [-0.15, -0.1) is 0 Å². The largest absolute Gasteiger partial charge is 0.357 e. The number of aryl methyl sites for hydroxylation is 1. The van der Waals surface area contributed by atoms with E-state index >= 15 is 0 Å². The van der Waals surface area contributed by atoms with Gasteiger partial charge in [-0.3, -0.25) is 9.48 Å². The van der Waals surface area contributed by atoms with Crippen molar-refractivity contribution in [3.05, 3.63) is 36.3 Å². The first-order valence-corrected chi connectivity index (χ1v) is 7.85. The second-order valence-electron chi connectivity index (χ2n) is 5.76. The van der Waals surface area contributed by atoms with Gasteiger partial charge in [-0.05, 0) is 32.0 Å². The van der Waals surface area contributed by atoms with Gasteiger partial charge in [-0.1, -0.05) is 0 Å². The van der Waals surface area contributed by atoms with Crippen molar-refractivity contribution >= 4 is 17.4 Å². The van der Waals surface area contributed by atoms with Gasteiger partial charge in [0.25, 0.3) is 0 Å². The summed E-state index contributed by atoms with van der Waals surface area (Å²) in [5, 5.41) is 10.0. The minimum absolute atomic E-state index is 0.128. The highest BCUT2D eigenvalue weighted by atomic mass is 16.2. The molecule has 1 saturated heterocycles. The van der Waals surface area contributed by atoms with E-state index in [4.69, 9.17) is 0 Å². The minimum Gasteiger partial charge on any atom is -0.357 e. The lowest BCUT2D eigenvalue weighted by molar-refractivity contribution is -0.118. The maximum atomic E-state index is 12.4. The van der Waals surface area contributed by atoms with Gasteiger partial charge < -0.3 is 15.5 Å². The number of carbonyl (C=O) groups is 1. The highest BCUT2D eigenvalue weighted by Crippen LogP contribution is 2.20. The quantitative estimate of drug-likeness (QED) is 0.870. The van der Waals surface area contributed by atoms with Gasteiger partial charge in [0.2, 0.25) is 5.91 Å². The second kappa shape index (κ2) is 6.78. The van der Waals surface area contributed by atoms with E-state index in [1.54, 1.807) is 24.1 Å². The van der Waals surface area contributed by atoms with Gasteiger partial charge in [0.05, 0.1) is 18.1 Å². The Kier molecular flexibility index (Phi) is 4.57. The van der Waals surface area contributed by atoms with Crippen LogP contribution in [0, 0.1) is 0 Å². The molecule has 0 spiro atoms. The van der Waals surface area contributed by atoms with E-state index in [2.05, 4.69) is 25.6 Å². The molecule has 1 amide bonds. The van der Waals surface area contributed by atoms with Crippen molar-refractivity contribution < 1.29 is 4.79 Å². The van der Waals surface area contributed by atoms with E-state index in [-0.39, 0.29) is 5.91 Å². The van der Waals surface area contributed by atoms with Gasteiger partial charge in [0.15, 0.2) is 0 Å². The molecule has 2 aromatic heterocycles. The lowest BCUT2D eigenvalue weighted by Crippen LogP contribution is -2.30. The monoisotopic (exact) mass is 314 g/mol. The van der Waals surface area contributed by atoms with Gasteiger partial charge in [0.1, 0.15) is 11.9 Å². The Bertz CT molecular complexity index is 659. The van der Waals surface area contributed by atoms with E-state index in [9.17, 15) is 4.79 Å². The Hall–Kier alpha value is -2.41. The zero-order valence-corrected chi connectivity index (χ0v) is 13.5. The number of pyridine rings is 1. The first-order chi connectivity index (χ1) is 11.2. The van der Waals surface area contributed by atoms with Crippen molar-refractivity contribution in [3.8, 4) is 0 Å². The molecule has 1 aliphatic rings. The maximum Gasteiger partial charge on any atom is 0.246 e. The fraction of sp³-hybridized carbons (Fsp3) is 0.438. The van der Waals surface area contributed by atoms with Crippen molar-refractivity contribution in [1.29, 1.82) is 0 Å². The highest BCUT2D eigenvalue weighted by molar-refractivity contribution is 5.95. The Morgan fingerprint density at radius 3 is 2.61 bits per heavy atom. The van der Waals surface area contributed by atoms with Crippen LogP contribution in [0.3, 0.4) is 0 Å². The first kappa shape index (κ1) is 15.5. The van der Waals surface area contributed by atoms with Gasteiger partial charge >= 0.3 is 0 Å². The third-order valence-corrected chi connectivity index (χ3v) is 4.05. The zero-order valence-electron chi connectivity index (χ0n) is 13.5. The molecule has 0 aromatic carbocycles. The minimum atomic E-state index is -0.443. The summed E-state index contributed by atoms with van der Waals surface area (Å²) in [6, 6.07) is 3.41. The Morgan fingerprint density at radius 2 is 2.04 bits per heavy atom. The maximum absolute atomic E-state index is 12.4. The summed E-state index contributed by atoms with van der Waals surface area (Å²) in [6.07, 6.45) is 7.66. The number of likely N-dealkylation sites (N-methyl/N-ethyl adjacent to an activating group) is 1. The van der Waals surface area contributed by atoms with Crippen molar-refractivity contribution in [1.82, 2.24) is 20.1 Å². The zero-order chi connectivity index (χ0) is 16.2. The predicted molar refractivity (Wildman–Crippen MR) is 89.3 cm³/mol. The second-order valence-corrected chi connectivity index (χ2v) is 5.76. The van der Waals surface area contributed by atoms with Crippen LogP contribution in [0.25, 0.3) is 0 Å². The van der Waals surface area contributed by atoms with Crippen LogP contribution in [0.5, 0.6) is 0 Å². The molecule has 7 nitrogen and oxygen atoms in total. The molecule has 7 heteroatoms. The number of anilines is 2. The predicted octanol–water partition coefficient (Wildman–Crippen LogP) is 1.31. The number of hydrogen-bond donors (Lipinski definition) is 2. The number of nitrogens with zero attached hydrogens (tertiary/aromatic N) is 4. The summed E-state index contributed by atoms with van der Waals surface area (Å²) in [7, 11) is 3.58. The van der Waals surface area contributed by atoms with E-state index in [0.29, 0.717) is 5.69 Å². The van der Waals surface area contributed by atoms with Crippen LogP contribution in [-0.4, -0.2) is 40.8 Å². The number of nitrogens with one attached hydrogen (secondary N) is 2. The number of amides is 1. The third-order valence-electron chi connectivity index (χ3n) is 4.05. The van der Waals surface area contributed by atoms with Crippen LogP contribution in [0.2, 0.25) is 0 Å². The van der Waals surface area contributed by atoms with Gasteiger partial charge in [-0.25, -0.2) is 4.98 Å². The fourth-order valence-electron chi connectivity index (χ4n) is 2.85. The molecule has 0 aliphatic carbocycles. The number of rotatable bonds is 5. The molecule has 0 radical (unpaired) electrons. The van der Waals surface area contributed by atoms with Crippen LogP contribution in [-0.2, 0) is 11.8 Å². The molecule has 23 heavy (non-hydrogen) atoms. The summed E-state index contributed by atoms with van der Waals surface area (Å²) < 4.78 is 1.68. The van der Waals surface area contributed by atoms with Crippen molar-refractivity contribution in [2.75, 3.05) is 30.4 Å². The lowest BCUT2D eigenvalue weighted by atomic mass is 10.1. The number of hydrogen-bond acceptors (Lipinski definition) is 5. The average molecular weight is 314 g/mol. The topological polar surface area (TPSA) is 75.1 Å². The van der Waals surface area contributed by atoms with Crippen molar-refractivity contribution in [3.63, 3.8) is 0 Å². The van der Waals surface area contributed by atoms with Crippen LogP contribution in [0.1, 0.15) is 24.4 Å². The summed E-state index contributed by atoms with van der Waals surface area (Å²) in [4.78, 5) is 19.2. The average Bonchev–Trinajstić information content (AvgIpc) is 3.21. The molecule has 3 heterocycles. The van der Waals surface area contributed by atoms with E-state index < -0.39 is 6.04 Å².